The fourth-order valence-corrected chi connectivity index (χ4v) is 4.39. The lowest BCUT2D eigenvalue weighted by Crippen LogP contribution is -2.53. The summed E-state index contributed by atoms with van der Waals surface area (Å²) < 4.78 is 52.4. The van der Waals surface area contributed by atoms with Gasteiger partial charge in [0.1, 0.15) is 5.52 Å². The summed E-state index contributed by atoms with van der Waals surface area (Å²) >= 11 is 0. The number of ether oxygens (including phenoxy) is 1. The maximum Gasteiger partial charge on any atom is 0.280 e. The van der Waals surface area contributed by atoms with Crippen molar-refractivity contribution in [1.29, 1.82) is 0 Å². The van der Waals surface area contributed by atoms with E-state index < -0.39 is 17.8 Å². The second-order valence-electron chi connectivity index (χ2n) is 8.46. The summed E-state index contributed by atoms with van der Waals surface area (Å²) in [6, 6.07) is 2.09. The Bertz CT molecular complexity index is 1430. The van der Waals surface area contributed by atoms with E-state index in [1.54, 1.807) is 30.3 Å². The van der Waals surface area contributed by atoms with Gasteiger partial charge in [-0.3, -0.25) is 4.79 Å². The molecular weight excluding hydrogens is 465 g/mol. The molecule has 0 radical (unpaired) electrons. The molecule has 1 fully saturated rings. The van der Waals surface area contributed by atoms with Gasteiger partial charge < -0.3 is 20.3 Å². The molecule has 1 aliphatic rings. The van der Waals surface area contributed by atoms with Crippen LogP contribution < -0.4 is 15.4 Å². The lowest BCUT2D eigenvalue weighted by Gasteiger charge is -2.36. The van der Waals surface area contributed by atoms with E-state index in [-0.39, 0.29) is 41.8 Å². The third-order valence-corrected chi connectivity index (χ3v) is 6.12. The van der Waals surface area contributed by atoms with Crippen molar-refractivity contribution in [3.05, 3.63) is 42.1 Å². The van der Waals surface area contributed by atoms with Gasteiger partial charge in [0.2, 0.25) is 11.8 Å². The monoisotopic (exact) mass is 488 g/mol. The molecule has 184 valence electrons. The molecule has 0 spiro atoms. The van der Waals surface area contributed by atoms with Gasteiger partial charge in [-0.2, -0.15) is 10.1 Å². The van der Waals surface area contributed by atoms with Gasteiger partial charge in [0.05, 0.1) is 48.7 Å². The van der Waals surface area contributed by atoms with Gasteiger partial charge in [-0.1, -0.05) is 0 Å². The quantitative estimate of drug-likeness (QED) is 0.445. The van der Waals surface area contributed by atoms with Crippen LogP contribution in [0.2, 0.25) is 0 Å². The number of nitrogens with zero attached hydrogens (tertiary/aromatic N) is 6. The molecule has 10 nitrogen and oxygen atoms in total. The van der Waals surface area contributed by atoms with Crippen molar-refractivity contribution < 1.29 is 22.7 Å². The summed E-state index contributed by atoms with van der Waals surface area (Å²) in [5.74, 6) is -4.03. The third-order valence-electron chi connectivity index (χ3n) is 6.12. The molecule has 1 atom stereocenters. The molecule has 1 aliphatic heterocycles. The van der Waals surface area contributed by atoms with Crippen LogP contribution >= 0.6 is 0 Å². The number of likely N-dealkylation sites (tertiary alicyclic amines) is 1. The van der Waals surface area contributed by atoms with Crippen LogP contribution in [0, 0.1) is 5.82 Å². The Morgan fingerprint density at radius 3 is 2.83 bits per heavy atom. The normalized spacial score (nSPS) is 18.2. The minimum atomic E-state index is -2.99. The first kappa shape index (κ1) is 22.9. The molecule has 0 aliphatic carbocycles. The first-order valence-corrected chi connectivity index (χ1v) is 10.9. The lowest BCUT2D eigenvalue weighted by atomic mass is 10.0. The molecule has 0 bridgehead atoms. The summed E-state index contributed by atoms with van der Waals surface area (Å²) in [7, 11) is 4.50. The molecule has 0 saturated carbocycles. The highest BCUT2D eigenvalue weighted by Crippen LogP contribution is 2.35. The van der Waals surface area contributed by atoms with Gasteiger partial charge in [-0.25, -0.2) is 22.2 Å². The number of amides is 1. The molecule has 5 heterocycles. The average Bonchev–Trinajstić information content (AvgIpc) is 3.39. The van der Waals surface area contributed by atoms with Crippen LogP contribution in [0.4, 0.5) is 19.1 Å². The van der Waals surface area contributed by atoms with Crippen LogP contribution in [-0.2, 0) is 0 Å². The van der Waals surface area contributed by atoms with E-state index in [2.05, 4.69) is 25.8 Å². The molecule has 4 aromatic rings. The Balaban J connectivity index is 1.58. The Morgan fingerprint density at radius 1 is 1.31 bits per heavy atom. The van der Waals surface area contributed by atoms with Crippen molar-refractivity contribution >= 4 is 22.9 Å². The standard InChI is InChI=1S/C22H23F3N8O2/c1-26-19(34)13-9-27-32-7-4-12(8-15(13)32)17-14(23)10-33-18(17)20(35-3)29-21(30-33)28-16-5-6-31(2)11-22(16,24)25/h4,7-10,16H,5-6,11H2,1-3H3,(H,26,34)(H,28,30)/t16-/m1/s1. The first-order chi connectivity index (χ1) is 16.7. The van der Waals surface area contributed by atoms with Gasteiger partial charge in [-0.15, -0.1) is 5.10 Å². The number of hydrogen-bond acceptors (Lipinski definition) is 7. The van der Waals surface area contributed by atoms with Crippen LogP contribution in [0.5, 0.6) is 5.88 Å². The number of halogens is 3. The Labute approximate surface area is 197 Å². The number of rotatable bonds is 5. The van der Waals surface area contributed by atoms with Crippen molar-refractivity contribution in [3.8, 4) is 17.0 Å². The van der Waals surface area contributed by atoms with E-state index in [4.69, 9.17) is 4.74 Å². The molecule has 0 unspecified atom stereocenters. The van der Waals surface area contributed by atoms with Crippen LogP contribution in [0.1, 0.15) is 16.8 Å². The Morgan fingerprint density at radius 2 is 2.11 bits per heavy atom. The zero-order valence-electron chi connectivity index (χ0n) is 19.2. The van der Waals surface area contributed by atoms with Crippen molar-refractivity contribution in [2.45, 2.75) is 18.4 Å². The molecule has 0 aromatic carbocycles. The number of piperidine rings is 1. The fraction of sp³-hybridized carbons (Fsp3) is 0.364. The zero-order valence-corrected chi connectivity index (χ0v) is 19.2. The van der Waals surface area contributed by atoms with Crippen LogP contribution in [0.25, 0.3) is 22.2 Å². The highest BCUT2D eigenvalue weighted by Gasteiger charge is 2.44. The van der Waals surface area contributed by atoms with E-state index in [1.165, 1.54) is 29.4 Å². The number of carbonyl (C=O) groups is 1. The first-order valence-electron chi connectivity index (χ1n) is 10.9. The number of carbonyl (C=O) groups excluding carboxylic acids is 1. The maximum atomic E-state index is 15.2. The van der Waals surface area contributed by atoms with Crippen molar-refractivity contribution in [2.24, 2.45) is 0 Å². The predicted molar refractivity (Wildman–Crippen MR) is 122 cm³/mol. The number of hydrogen-bond donors (Lipinski definition) is 2. The highest BCUT2D eigenvalue weighted by atomic mass is 19.3. The third kappa shape index (κ3) is 3.91. The number of pyridine rings is 1. The number of methoxy groups -OCH3 is 1. The second kappa shape index (κ2) is 8.41. The summed E-state index contributed by atoms with van der Waals surface area (Å²) in [6.45, 7) is 0.103. The highest BCUT2D eigenvalue weighted by molar-refractivity contribution is 6.01. The van der Waals surface area contributed by atoms with E-state index >= 15 is 4.39 Å². The number of nitrogens with one attached hydrogen (secondary N) is 2. The van der Waals surface area contributed by atoms with Gasteiger partial charge in [-0.05, 0) is 31.2 Å². The van der Waals surface area contributed by atoms with Crippen molar-refractivity contribution in [2.75, 3.05) is 39.6 Å². The van der Waals surface area contributed by atoms with E-state index in [0.717, 1.165) is 6.20 Å². The summed E-state index contributed by atoms with van der Waals surface area (Å²) in [5, 5.41) is 13.6. The lowest BCUT2D eigenvalue weighted by molar-refractivity contribution is -0.0675. The SMILES string of the molecule is CNC(=O)c1cnn2ccc(-c3c(F)cn4nc(N[C@@H]5CCN(C)CC5(F)F)nc(OC)c34)cc12. The largest absolute Gasteiger partial charge is 0.479 e. The topological polar surface area (TPSA) is 101 Å². The van der Waals surface area contributed by atoms with E-state index in [0.29, 0.717) is 23.2 Å². The predicted octanol–water partition coefficient (Wildman–Crippen LogP) is 2.30. The maximum absolute atomic E-state index is 15.2. The van der Waals surface area contributed by atoms with Crippen molar-refractivity contribution in [3.63, 3.8) is 0 Å². The molecule has 1 saturated heterocycles. The molecule has 2 N–H and O–H groups in total. The van der Waals surface area contributed by atoms with Gasteiger partial charge in [0, 0.05) is 19.8 Å². The number of fused-ring (bicyclic) bond motifs is 2. The molecule has 35 heavy (non-hydrogen) atoms. The average molecular weight is 488 g/mol. The molecule has 1 amide bonds. The van der Waals surface area contributed by atoms with Crippen LogP contribution in [-0.4, -0.2) is 81.3 Å². The summed E-state index contributed by atoms with van der Waals surface area (Å²) in [4.78, 5) is 18.0. The number of alkyl halides is 2. The van der Waals surface area contributed by atoms with E-state index in [1.807, 2.05) is 0 Å². The second-order valence-corrected chi connectivity index (χ2v) is 8.46. The Hall–Kier alpha value is -3.87. The van der Waals surface area contributed by atoms with Crippen LogP contribution in [0.3, 0.4) is 0 Å². The van der Waals surface area contributed by atoms with Gasteiger partial charge in [0.15, 0.2) is 5.82 Å². The minimum Gasteiger partial charge on any atom is -0.479 e. The molecule has 4 aromatic heterocycles. The smallest absolute Gasteiger partial charge is 0.280 e. The molecule has 13 heteroatoms. The van der Waals surface area contributed by atoms with Gasteiger partial charge in [0.25, 0.3) is 11.8 Å². The molecule has 5 rings (SSSR count). The van der Waals surface area contributed by atoms with Gasteiger partial charge >= 0.3 is 0 Å². The van der Waals surface area contributed by atoms with Crippen molar-refractivity contribution in [1.82, 2.24) is 34.4 Å². The van der Waals surface area contributed by atoms with Crippen LogP contribution in [0.15, 0.2) is 30.7 Å². The Kier molecular flexibility index (Phi) is 5.50. The fourth-order valence-electron chi connectivity index (χ4n) is 4.39. The number of aromatic nitrogens is 5. The summed E-state index contributed by atoms with van der Waals surface area (Å²) in [5.41, 5.74) is 1.60. The molecular formula is C22H23F3N8O2. The zero-order chi connectivity index (χ0) is 24.9. The minimum absolute atomic E-state index is 0.0116. The number of anilines is 1. The summed E-state index contributed by atoms with van der Waals surface area (Å²) in [6.07, 6.45) is 4.35. The van der Waals surface area contributed by atoms with E-state index in [9.17, 15) is 13.6 Å².